The first-order chi connectivity index (χ1) is 7.63. The number of ether oxygens (including phenoxy) is 1. The molecule has 1 rings (SSSR count). The molecule has 1 unspecified atom stereocenters. The summed E-state index contributed by atoms with van der Waals surface area (Å²) in [7, 11) is 0. The van der Waals surface area contributed by atoms with Gasteiger partial charge in [0.15, 0.2) is 0 Å². The van der Waals surface area contributed by atoms with Gasteiger partial charge < -0.3 is 4.74 Å². The molecule has 2 nitrogen and oxygen atoms in total. The molecule has 1 atom stereocenters. The normalized spacial score (nSPS) is 14.5. The van der Waals surface area contributed by atoms with Gasteiger partial charge in [0, 0.05) is 12.3 Å². The molecule has 0 bridgehead atoms. The molecule has 0 aromatic carbocycles. The lowest BCUT2D eigenvalue weighted by atomic mass is 10.3. The lowest BCUT2D eigenvalue weighted by Crippen LogP contribution is -2.45. The van der Waals surface area contributed by atoms with Crippen LogP contribution in [-0.2, 0) is 0 Å². The van der Waals surface area contributed by atoms with Crippen molar-refractivity contribution < 1.29 is 31.1 Å². The van der Waals surface area contributed by atoms with Gasteiger partial charge in [0.2, 0.25) is 0 Å². The quantitative estimate of drug-likeness (QED) is 0.789. The predicted octanol–water partition coefficient (Wildman–Crippen LogP) is 3.61. The van der Waals surface area contributed by atoms with Crippen molar-refractivity contribution in [2.24, 2.45) is 0 Å². The summed E-state index contributed by atoms with van der Waals surface area (Å²) in [5.74, 6) is -0.769. The smallest absolute Gasteiger partial charge is 0.428 e. The minimum absolute atomic E-state index is 0.138. The molecule has 0 aliphatic carbocycles. The standard InChI is InChI=1S/C8H4ClF6NO/c9-4-1-5(3-16-2-4)17-8(14,15)6(10)7(11,12)13/h1-3,6H. The van der Waals surface area contributed by atoms with Crippen molar-refractivity contribution in [2.45, 2.75) is 18.5 Å². The molecule has 0 fully saturated rings. The van der Waals surface area contributed by atoms with Gasteiger partial charge in [0.05, 0.1) is 11.2 Å². The molecule has 0 saturated carbocycles. The maximum Gasteiger partial charge on any atom is 0.439 e. The van der Waals surface area contributed by atoms with Crippen LogP contribution >= 0.6 is 11.6 Å². The molecule has 0 saturated heterocycles. The molecule has 0 spiro atoms. The van der Waals surface area contributed by atoms with Crippen LogP contribution in [0.4, 0.5) is 26.3 Å². The number of hydrogen-bond acceptors (Lipinski definition) is 2. The minimum atomic E-state index is -5.73. The highest BCUT2D eigenvalue weighted by Gasteiger charge is 2.59. The molecule has 0 radical (unpaired) electrons. The third-order valence-electron chi connectivity index (χ3n) is 1.52. The Hall–Kier alpha value is -1.18. The van der Waals surface area contributed by atoms with Gasteiger partial charge in [-0.2, -0.15) is 22.0 Å². The van der Waals surface area contributed by atoms with E-state index in [0.717, 1.165) is 12.3 Å². The van der Waals surface area contributed by atoms with E-state index in [1.807, 2.05) is 0 Å². The average molecular weight is 280 g/mol. The molecule has 96 valence electrons. The van der Waals surface area contributed by atoms with Gasteiger partial charge in [-0.25, -0.2) is 4.39 Å². The van der Waals surface area contributed by atoms with Crippen LogP contribution in [0.1, 0.15) is 0 Å². The zero-order valence-electron chi connectivity index (χ0n) is 7.81. The number of hydrogen-bond donors (Lipinski definition) is 0. The largest absolute Gasteiger partial charge is 0.439 e. The Morgan fingerprint density at radius 2 is 1.76 bits per heavy atom. The summed E-state index contributed by atoms with van der Waals surface area (Å²) >= 11 is 5.34. The van der Waals surface area contributed by atoms with E-state index in [9.17, 15) is 26.3 Å². The third-order valence-corrected chi connectivity index (χ3v) is 1.72. The van der Waals surface area contributed by atoms with Gasteiger partial charge >= 0.3 is 12.3 Å². The predicted molar refractivity (Wildman–Crippen MR) is 45.8 cm³/mol. The summed E-state index contributed by atoms with van der Waals surface area (Å²) in [6.45, 7) is 0. The Bertz CT molecular complexity index is 396. The van der Waals surface area contributed by atoms with Crippen LogP contribution in [0, 0.1) is 0 Å². The SMILES string of the molecule is FC(C(F)(F)F)C(F)(F)Oc1cncc(Cl)c1. The Morgan fingerprint density at radius 1 is 1.18 bits per heavy atom. The first-order valence-corrected chi connectivity index (χ1v) is 4.39. The minimum Gasteiger partial charge on any atom is -0.428 e. The van der Waals surface area contributed by atoms with Crippen LogP contribution in [0.2, 0.25) is 5.02 Å². The first kappa shape index (κ1) is 13.9. The van der Waals surface area contributed by atoms with Gasteiger partial charge in [0.25, 0.3) is 6.17 Å². The molecule has 1 heterocycles. The van der Waals surface area contributed by atoms with E-state index in [1.165, 1.54) is 0 Å². The lowest BCUT2D eigenvalue weighted by molar-refractivity contribution is -0.305. The molecule has 1 aromatic heterocycles. The number of rotatable bonds is 3. The van der Waals surface area contributed by atoms with E-state index in [1.54, 1.807) is 0 Å². The van der Waals surface area contributed by atoms with Crippen LogP contribution < -0.4 is 4.74 Å². The second-order valence-electron chi connectivity index (χ2n) is 2.91. The van der Waals surface area contributed by atoms with Crippen molar-refractivity contribution >= 4 is 11.6 Å². The van der Waals surface area contributed by atoms with Crippen LogP contribution in [0.3, 0.4) is 0 Å². The average Bonchev–Trinajstić information content (AvgIpc) is 2.14. The number of alkyl halides is 6. The van der Waals surface area contributed by atoms with Gasteiger partial charge in [-0.15, -0.1) is 0 Å². The van der Waals surface area contributed by atoms with Gasteiger partial charge in [-0.1, -0.05) is 11.6 Å². The van der Waals surface area contributed by atoms with E-state index in [-0.39, 0.29) is 5.02 Å². The fourth-order valence-corrected chi connectivity index (χ4v) is 1.01. The summed E-state index contributed by atoms with van der Waals surface area (Å²) in [5.41, 5.74) is 0. The summed E-state index contributed by atoms with van der Waals surface area (Å²) in [5, 5.41) is -0.138. The Balaban J connectivity index is 2.86. The molecule has 1 aromatic rings. The Labute approximate surface area is 96.2 Å². The fraction of sp³-hybridized carbons (Fsp3) is 0.375. The van der Waals surface area contributed by atoms with Crippen LogP contribution in [0.5, 0.6) is 5.75 Å². The summed E-state index contributed by atoms with van der Waals surface area (Å²) < 4.78 is 76.8. The monoisotopic (exact) mass is 279 g/mol. The maximum atomic E-state index is 12.7. The molecule has 0 aliphatic rings. The van der Waals surface area contributed by atoms with Crippen molar-refractivity contribution in [3.05, 3.63) is 23.5 Å². The number of pyridine rings is 1. The van der Waals surface area contributed by atoms with Crippen LogP contribution in [0.25, 0.3) is 0 Å². The Kier molecular flexibility index (Phi) is 3.75. The summed E-state index contributed by atoms with van der Waals surface area (Å²) in [6, 6.07) is 0.783. The van der Waals surface area contributed by atoms with Gasteiger partial charge in [0.1, 0.15) is 5.75 Å². The molecule has 17 heavy (non-hydrogen) atoms. The fourth-order valence-electron chi connectivity index (χ4n) is 0.848. The van der Waals surface area contributed by atoms with Gasteiger partial charge in [-0.05, 0) is 0 Å². The van der Waals surface area contributed by atoms with Crippen LogP contribution in [-0.4, -0.2) is 23.4 Å². The van der Waals surface area contributed by atoms with E-state index < -0.39 is 24.2 Å². The third kappa shape index (κ3) is 3.65. The van der Waals surface area contributed by atoms with Crippen molar-refractivity contribution in [3.8, 4) is 5.75 Å². The summed E-state index contributed by atoms with van der Waals surface area (Å²) in [4.78, 5) is 3.30. The molecule has 9 heteroatoms. The highest BCUT2D eigenvalue weighted by molar-refractivity contribution is 6.30. The molecule has 0 amide bonds. The zero-order chi connectivity index (χ0) is 13.3. The highest BCUT2D eigenvalue weighted by Crippen LogP contribution is 2.36. The first-order valence-electron chi connectivity index (χ1n) is 4.01. The molecule has 0 N–H and O–H groups in total. The molecular weight excluding hydrogens is 276 g/mol. The van der Waals surface area contributed by atoms with Gasteiger partial charge in [-0.3, -0.25) is 4.98 Å². The van der Waals surface area contributed by atoms with E-state index >= 15 is 0 Å². The van der Waals surface area contributed by atoms with Crippen molar-refractivity contribution in [1.82, 2.24) is 4.98 Å². The second kappa shape index (κ2) is 4.59. The van der Waals surface area contributed by atoms with E-state index in [2.05, 4.69) is 9.72 Å². The van der Waals surface area contributed by atoms with Crippen molar-refractivity contribution in [1.29, 1.82) is 0 Å². The molecular formula is C8H4ClF6NO. The zero-order valence-corrected chi connectivity index (χ0v) is 8.57. The van der Waals surface area contributed by atoms with E-state index in [4.69, 9.17) is 11.6 Å². The van der Waals surface area contributed by atoms with Crippen LogP contribution in [0.15, 0.2) is 18.5 Å². The van der Waals surface area contributed by atoms with E-state index in [0.29, 0.717) is 6.20 Å². The Morgan fingerprint density at radius 3 is 2.24 bits per heavy atom. The number of nitrogens with zero attached hydrogens (tertiary/aromatic N) is 1. The topological polar surface area (TPSA) is 22.1 Å². The maximum absolute atomic E-state index is 12.7. The number of halogens is 7. The second-order valence-corrected chi connectivity index (χ2v) is 3.34. The molecule has 0 aliphatic heterocycles. The lowest BCUT2D eigenvalue weighted by Gasteiger charge is -2.22. The number of aromatic nitrogens is 1. The summed E-state index contributed by atoms with van der Waals surface area (Å²) in [6.07, 6.45) is -13.5. The van der Waals surface area contributed by atoms with Crippen molar-refractivity contribution in [3.63, 3.8) is 0 Å². The van der Waals surface area contributed by atoms with Crippen molar-refractivity contribution in [2.75, 3.05) is 0 Å². The highest BCUT2D eigenvalue weighted by atomic mass is 35.5.